The molecule has 1 atom stereocenters. The minimum atomic E-state index is 0.0638. The molecule has 2 aromatic carbocycles. The predicted molar refractivity (Wildman–Crippen MR) is 82.2 cm³/mol. The molecule has 1 aliphatic heterocycles. The van der Waals surface area contributed by atoms with E-state index in [4.69, 9.17) is 9.57 Å². The molecule has 0 bridgehead atoms. The van der Waals surface area contributed by atoms with Gasteiger partial charge in [0.15, 0.2) is 0 Å². The van der Waals surface area contributed by atoms with Gasteiger partial charge in [-0.2, -0.15) is 5.06 Å². The van der Waals surface area contributed by atoms with Crippen molar-refractivity contribution >= 4 is 0 Å². The van der Waals surface area contributed by atoms with Gasteiger partial charge in [0.25, 0.3) is 0 Å². The molecule has 0 saturated carbocycles. The van der Waals surface area contributed by atoms with E-state index in [1.165, 1.54) is 11.1 Å². The molecule has 1 heterocycles. The van der Waals surface area contributed by atoms with Gasteiger partial charge in [0, 0.05) is 6.54 Å². The lowest BCUT2D eigenvalue weighted by atomic mass is 10.2. The van der Waals surface area contributed by atoms with Crippen LogP contribution in [-0.2, 0) is 22.8 Å². The van der Waals surface area contributed by atoms with E-state index in [0.29, 0.717) is 13.2 Å². The Kier molecular flexibility index (Phi) is 5.00. The van der Waals surface area contributed by atoms with Crippen LogP contribution in [0.1, 0.15) is 24.0 Å². The smallest absolute Gasteiger partial charge is 0.133 e. The molecule has 1 aliphatic rings. The highest BCUT2D eigenvalue weighted by molar-refractivity contribution is 5.14. The summed E-state index contributed by atoms with van der Waals surface area (Å²) in [5, 5.41) is 1.98. The van der Waals surface area contributed by atoms with Gasteiger partial charge in [-0.05, 0) is 24.0 Å². The highest BCUT2D eigenvalue weighted by atomic mass is 16.7. The maximum absolute atomic E-state index is 5.99. The van der Waals surface area contributed by atoms with E-state index in [1.54, 1.807) is 0 Å². The van der Waals surface area contributed by atoms with Gasteiger partial charge in [-0.1, -0.05) is 60.7 Å². The summed E-state index contributed by atoms with van der Waals surface area (Å²) in [5.41, 5.74) is 2.39. The fraction of sp³-hybridized carbons (Fsp3) is 0.333. The van der Waals surface area contributed by atoms with Crippen molar-refractivity contribution in [3.63, 3.8) is 0 Å². The molecule has 0 N–H and O–H groups in total. The lowest BCUT2D eigenvalue weighted by molar-refractivity contribution is -0.243. The second-order valence-corrected chi connectivity index (χ2v) is 5.29. The summed E-state index contributed by atoms with van der Waals surface area (Å²) in [5.74, 6) is 0. The first-order chi connectivity index (χ1) is 10.4. The monoisotopic (exact) mass is 283 g/mol. The molecule has 3 rings (SSSR count). The average molecular weight is 283 g/mol. The third-order valence-electron chi connectivity index (χ3n) is 3.68. The third-order valence-corrected chi connectivity index (χ3v) is 3.68. The van der Waals surface area contributed by atoms with Crippen molar-refractivity contribution in [3.8, 4) is 0 Å². The van der Waals surface area contributed by atoms with E-state index in [-0.39, 0.29) is 6.23 Å². The van der Waals surface area contributed by atoms with Crippen LogP contribution in [0.4, 0.5) is 0 Å². The Morgan fingerprint density at radius 2 is 1.48 bits per heavy atom. The molecule has 1 saturated heterocycles. The van der Waals surface area contributed by atoms with Gasteiger partial charge in [-0.15, -0.1) is 0 Å². The van der Waals surface area contributed by atoms with Gasteiger partial charge in [0.2, 0.25) is 0 Å². The van der Waals surface area contributed by atoms with Gasteiger partial charge in [0.1, 0.15) is 6.23 Å². The summed E-state index contributed by atoms with van der Waals surface area (Å²) in [6, 6.07) is 20.5. The van der Waals surface area contributed by atoms with Crippen molar-refractivity contribution in [2.24, 2.45) is 0 Å². The summed E-state index contributed by atoms with van der Waals surface area (Å²) in [6.07, 6.45) is 2.21. The van der Waals surface area contributed by atoms with E-state index in [2.05, 4.69) is 24.3 Å². The molecule has 0 aliphatic carbocycles. The van der Waals surface area contributed by atoms with Crippen molar-refractivity contribution in [2.45, 2.75) is 32.3 Å². The summed E-state index contributed by atoms with van der Waals surface area (Å²) in [4.78, 5) is 5.90. The molecule has 1 fully saturated rings. The minimum Gasteiger partial charge on any atom is -0.356 e. The van der Waals surface area contributed by atoms with Crippen molar-refractivity contribution in [3.05, 3.63) is 71.8 Å². The van der Waals surface area contributed by atoms with E-state index >= 15 is 0 Å². The number of hydroxylamine groups is 2. The normalized spacial score (nSPS) is 19.0. The Morgan fingerprint density at radius 3 is 2.14 bits per heavy atom. The fourth-order valence-electron chi connectivity index (χ4n) is 2.52. The molecule has 3 nitrogen and oxygen atoms in total. The molecule has 0 radical (unpaired) electrons. The molecule has 21 heavy (non-hydrogen) atoms. The predicted octanol–water partition coefficient (Wildman–Crippen LogP) is 3.76. The Balaban J connectivity index is 1.49. The van der Waals surface area contributed by atoms with Crippen molar-refractivity contribution in [2.75, 3.05) is 6.54 Å². The summed E-state index contributed by atoms with van der Waals surface area (Å²) < 4.78 is 5.99. The van der Waals surface area contributed by atoms with Crippen molar-refractivity contribution in [1.29, 1.82) is 0 Å². The first-order valence-corrected chi connectivity index (χ1v) is 7.51. The highest BCUT2D eigenvalue weighted by Crippen LogP contribution is 2.21. The molecule has 3 heteroatoms. The zero-order valence-electron chi connectivity index (χ0n) is 12.2. The quantitative estimate of drug-likeness (QED) is 0.805. The number of nitrogens with zero attached hydrogens (tertiary/aromatic N) is 1. The SMILES string of the molecule is c1ccc(COC2CCCN2OCc2ccccc2)cc1. The van der Waals surface area contributed by atoms with E-state index in [1.807, 2.05) is 41.5 Å². The Morgan fingerprint density at radius 1 is 0.857 bits per heavy atom. The van der Waals surface area contributed by atoms with Crippen LogP contribution in [0, 0.1) is 0 Å². The zero-order chi connectivity index (χ0) is 14.3. The van der Waals surface area contributed by atoms with Crippen LogP contribution in [0.25, 0.3) is 0 Å². The molecular weight excluding hydrogens is 262 g/mol. The molecule has 0 aromatic heterocycles. The minimum absolute atomic E-state index is 0.0638. The number of hydrogen-bond donors (Lipinski definition) is 0. The van der Waals surface area contributed by atoms with Crippen LogP contribution in [0.15, 0.2) is 60.7 Å². The lowest BCUT2D eigenvalue weighted by Crippen LogP contribution is -2.31. The number of hydrogen-bond acceptors (Lipinski definition) is 3. The zero-order valence-corrected chi connectivity index (χ0v) is 12.2. The van der Waals surface area contributed by atoms with Gasteiger partial charge >= 0.3 is 0 Å². The van der Waals surface area contributed by atoms with Crippen LogP contribution in [0.2, 0.25) is 0 Å². The molecular formula is C18H21NO2. The Hall–Kier alpha value is -1.68. The van der Waals surface area contributed by atoms with Crippen LogP contribution in [0.3, 0.4) is 0 Å². The first kappa shape index (κ1) is 14.3. The second-order valence-electron chi connectivity index (χ2n) is 5.29. The first-order valence-electron chi connectivity index (χ1n) is 7.51. The highest BCUT2D eigenvalue weighted by Gasteiger charge is 2.26. The second kappa shape index (κ2) is 7.36. The molecule has 0 amide bonds. The van der Waals surface area contributed by atoms with Crippen LogP contribution in [0.5, 0.6) is 0 Å². The summed E-state index contributed by atoms with van der Waals surface area (Å²) in [6.45, 7) is 2.18. The van der Waals surface area contributed by atoms with Gasteiger partial charge in [-0.25, -0.2) is 0 Å². The number of rotatable bonds is 6. The van der Waals surface area contributed by atoms with E-state index in [0.717, 1.165) is 19.4 Å². The van der Waals surface area contributed by atoms with E-state index in [9.17, 15) is 0 Å². The van der Waals surface area contributed by atoms with Crippen molar-refractivity contribution in [1.82, 2.24) is 5.06 Å². The van der Waals surface area contributed by atoms with Crippen molar-refractivity contribution < 1.29 is 9.57 Å². The lowest BCUT2D eigenvalue weighted by Gasteiger charge is -2.24. The van der Waals surface area contributed by atoms with Crippen LogP contribution in [-0.4, -0.2) is 17.8 Å². The molecule has 110 valence electrons. The Bertz CT molecular complexity index is 480. The molecule has 2 aromatic rings. The third kappa shape index (κ3) is 4.14. The largest absolute Gasteiger partial charge is 0.356 e. The standard InChI is InChI=1S/C18H21NO2/c1-3-8-16(9-4-1)14-20-18-12-7-13-19(18)21-15-17-10-5-2-6-11-17/h1-6,8-11,18H,7,12-15H2. The van der Waals surface area contributed by atoms with Gasteiger partial charge in [0.05, 0.1) is 13.2 Å². The number of ether oxygens (including phenoxy) is 1. The molecule has 0 spiro atoms. The Labute approximate surface area is 126 Å². The van der Waals surface area contributed by atoms with Crippen LogP contribution >= 0.6 is 0 Å². The number of benzene rings is 2. The average Bonchev–Trinajstić information content (AvgIpc) is 3.00. The maximum Gasteiger partial charge on any atom is 0.133 e. The van der Waals surface area contributed by atoms with Gasteiger partial charge < -0.3 is 4.74 Å². The fourth-order valence-corrected chi connectivity index (χ4v) is 2.52. The summed E-state index contributed by atoms with van der Waals surface area (Å²) in [7, 11) is 0. The van der Waals surface area contributed by atoms with E-state index < -0.39 is 0 Å². The van der Waals surface area contributed by atoms with Crippen LogP contribution < -0.4 is 0 Å². The molecule has 1 unspecified atom stereocenters. The van der Waals surface area contributed by atoms with Gasteiger partial charge in [-0.3, -0.25) is 4.84 Å². The summed E-state index contributed by atoms with van der Waals surface area (Å²) >= 11 is 0. The maximum atomic E-state index is 5.99. The topological polar surface area (TPSA) is 21.7 Å².